The molecule has 0 spiro atoms. The average Bonchev–Trinajstić information content (AvgIpc) is 3.41. The van der Waals surface area contributed by atoms with Gasteiger partial charge in [0.1, 0.15) is 18.2 Å². The Hall–Kier alpha value is -3.03. The number of fused-ring (bicyclic) bond motifs is 3. The molecule has 1 N–H and O–H groups in total. The van der Waals surface area contributed by atoms with Crippen molar-refractivity contribution in [3.05, 3.63) is 54.1 Å². The number of benzene rings is 3. The lowest BCUT2D eigenvalue weighted by Crippen LogP contribution is -2.43. The Bertz CT molecular complexity index is 1520. The first kappa shape index (κ1) is 25.0. The summed E-state index contributed by atoms with van der Waals surface area (Å²) >= 11 is 2.02. The lowest BCUT2D eigenvalue weighted by atomic mass is 9.93. The van der Waals surface area contributed by atoms with E-state index in [1.807, 2.05) is 36.0 Å². The van der Waals surface area contributed by atoms with Crippen molar-refractivity contribution in [1.29, 1.82) is 0 Å². The van der Waals surface area contributed by atoms with E-state index >= 15 is 0 Å². The van der Waals surface area contributed by atoms with Crippen LogP contribution in [-0.4, -0.2) is 69.8 Å². The molecule has 3 aliphatic rings. The maximum atomic E-state index is 10.6. The van der Waals surface area contributed by atoms with Gasteiger partial charge in [0.2, 0.25) is 0 Å². The summed E-state index contributed by atoms with van der Waals surface area (Å²) in [5.41, 5.74) is 4.26. The number of aryl methyl sites for hydroxylation is 1. The maximum Gasteiger partial charge on any atom is 0.319 e. The fraction of sp³-hybridized carbons (Fsp3) is 0.438. The second-order valence-electron chi connectivity index (χ2n) is 11.3. The van der Waals surface area contributed by atoms with Crippen LogP contribution in [0.25, 0.3) is 32.8 Å². The van der Waals surface area contributed by atoms with E-state index in [2.05, 4.69) is 41.0 Å². The number of nitrogens with zero attached hydrogens (tertiary/aromatic N) is 4. The summed E-state index contributed by atoms with van der Waals surface area (Å²) in [4.78, 5) is 15.2. The number of phenols is 1. The predicted molar refractivity (Wildman–Crippen MR) is 161 cm³/mol. The van der Waals surface area contributed by atoms with Gasteiger partial charge in [-0.15, -0.1) is 0 Å². The summed E-state index contributed by atoms with van der Waals surface area (Å²) in [6.45, 7) is 7.13. The van der Waals surface area contributed by atoms with Crippen molar-refractivity contribution in [2.24, 2.45) is 0 Å². The van der Waals surface area contributed by atoms with E-state index in [4.69, 9.17) is 14.7 Å². The van der Waals surface area contributed by atoms with E-state index in [-0.39, 0.29) is 11.3 Å². The Morgan fingerprint density at radius 2 is 1.74 bits per heavy atom. The van der Waals surface area contributed by atoms with E-state index in [1.54, 1.807) is 0 Å². The van der Waals surface area contributed by atoms with Crippen LogP contribution < -0.4 is 9.64 Å². The fourth-order valence-corrected chi connectivity index (χ4v) is 7.92. The number of hydrogen-bond donors (Lipinski definition) is 1. The Labute approximate surface area is 234 Å². The third-order valence-corrected chi connectivity index (χ3v) is 10.1. The van der Waals surface area contributed by atoms with Crippen LogP contribution in [0.3, 0.4) is 0 Å². The molecule has 0 radical (unpaired) electrons. The van der Waals surface area contributed by atoms with Crippen molar-refractivity contribution >= 4 is 39.3 Å². The van der Waals surface area contributed by atoms with Crippen LogP contribution >= 0.6 is 11.8 Å². The molecule has 0 bridgehead atoms. The fourth-order valence-electron chi connectivity index (χ4n) is 7.03. The monoisotopic (exact) mass is 540 g/mol. The van der Waals surface area contributed by atoms with E-state index in [0.29, 0.717) is 12.6 Å². The van der Waals surface area contributed by atoms with Crippen LogP contribution in [0.5, 0.6) is 11.8 Å². The first-order valence-electron chi connectivity index (χ1n) is 14.4. The molecule has 0 unspecified atom stereocenters. The van der Waals surface area contributed by atoms with E-state index in [9.17, 15) is 5.11 Å². The van der Waals surface area contributed by atoms with Crippen molar-refractivity contribution in [3.63, 3.8) is 0 Å². The molecule has 202 valence electrons. The Balaban J connectivity index is 1.35. The highest BCUT2D eigenvalue weighted by atomic mass is 32.2. The summed E-state index contributed by atoms with van der Waals surface area (Å²) in [5, 5.41) is 13.8. The highest BCUT2D eigenvalue weighted by Gasteiger charge is 2.45. The van der Waals surface area contributed by atoms with Gasteiger partial charge in [-0.3, -0.25) is 4.90 Å². The molecule has 7 rings (SSSR count). The molecule has 7 heteroatoms. The number of aromatic hydroxyl groups is 1. The highest BCUT2D eigenvalue weighted by molar-refractivity contribution is 7.99. The van der Waals surface area contributed by atoms with Gasteiger partial charge in [0.15, 0.2) is 0 Å². The molecule has 0 atom stereocenters. The smallest absolute Gasteiger partial charge is 0.319 e. The number of ether oxygens (including phenoxy) is 1. The molecule has 0 saturated carbocycles. The summed E-state index contributed by atoms with van der Waals surface area (Å²) < 4.78 is 6.52. The molecule has 3 aromatic carbocycles. The Morgan fingerprint density at radius 1 is 0.897 bits per heavy atom. The van der Waals surface area contributed by atoms with Crippen molar-refractivity contribution in [2.45, 2.75) is 44.6 Å². The molecule has 6 nitrogen and oxygen atoms in total. The van der Waals surface area contributed by atoms with Crippen LogP contribution in [-0.2, 0) is 0 Å². The molecule has 0 aliphatic carbocycles. The third-order valence-electron chi connectivity index (χ3n) is 9.02. The van der Waals surface area contributed by atoms with Crippen LogP contribution in [0.2, 0.25) is 0 Å². The van der Waals surface area contributed by atoms with Crippen LogP contribution in [0.15, 0.2) is 48.5 Å². The van der Waals surface area contributed by atoms with Gasteiger partial charge in [-0.25, -0.2) is 0 Å². The van der Waals surface area contributed by atoms with E-state index < -0.39 is 0 Å². The SMILES string of the molecule is Cc1c(-c2cc(O)cc3ccccc23)ccc2c(N3CCCSCC3)nc(OCC34CCCN3CCC4)nc12. The largest absolute Gasteiger partial charge is 0.508 e. The van der Waals surface area contributed by atoms with E-state index in [1.165, 1.54) is 44.5 Å². The summed E-state index contributed by atoms with van der Waals surface area (Å²) in [7, 11) is 0. The number of thioether (sulfide) groups is 1. The lowest BCUT2D eigenvalue weighted by Gasteiger charge is -2.31. The van der Waals surface area contributed by atoms with Gasteiger partial charge in [0, 0.05) is 24.2 Å². The number of rotatable bonds is 5. The molecule has 3 aliphatic heterocycles. The zero-order valence-corrected chi connectivity index (χ0v) is 23.5. The zero-order valence-electron chi connectivity index (χ0n) is 22.7. The molecule has 3 fully saturated rings. The molecule has 0 amide bonds. The van der Waals surface area contributed by atoms with E-state index in [0.717, 1.165) is 69.4 Å². The van der Waals surface area contributed by atoms with Crippen molar-refractivity contribution in [2.75, 3.05) is 49.2 Å². The standard InChI is InChI=1S/C32H36N4O2S/c1-22-25(28-20-24(37)19-23-7-2-3-8-26(23)28)9-10-27-29(22)33-31(34-30(27)35-13-6-17-39-18-16-35)38-21-32-11-4-14-36(32)15-5-12-32/h2-3,7-10,19-20,37H,4-6,11-18,21H2,1H3. The molecule has 39 heavy (non-hydrogen) atoms. The highest BCUT2D eigenvalue weighted by Crippen LogP contribution is 2.41. The van der Waals surface area contributed by atoms with Crippen LogP contribution in [0, 0.1) is 6.92 Å². The molecular weight excluding hydrogens is 504 g/mol. The number of phenolic OH excluding ortho intramolecular Hbond substituents is 1. The third kappa shape index (κ3) is 4.49. The zero-order chi connectivity index (χ0) is 26.4. The summed E-state index contributed by atoms with van der Waals surface area (Å²) in [5.74, 6) is 3.55. The average molecular weight is 541 g/mol. The van der Waals surface area contributed by atoms with Crippen LogP contribution in [0.4, 0.5) is 5.82 Å². The van der Waals surface area contributed by atoms with Gasteiger partial charge in [-0.05, 0) is 104 Å². The first-order chi connectivity index (χ1) is 19.1. The van der Waals surface area contributed by atoms with Gasteiger partial charge in [0.25, 0.3) is 0 Å². The number of anilines is 1. The number of hydrogen-bond acceptors (Lipinski definition) is 7. The summed E-state index contributed by atoms with van der Waals surface area (Å²) in [6, 6.07) is 16.8. The topological polar surface area (TPSA) is 61.7 Å². The van der Waals surface area contributed by atoms with Gasteiger partial charge in [-0.1, -0.05) is 30.3 Å². The maximum absolute atomic E-state index is 10.6. The van der Waals surface area contributed by atoms with Crippen LogP contribution in [0.1, 0.15) is 37.7 Å². The summed E-state index contributed by atoms with van der Waals surface area (Å²) in [6.07, 6.45) is 6.05. The number of aromatic nitrogens is 2. The second kappa shape index (κ2) is 10.2. The second-order valence-corrected chi connectivity index (χ2v) is 12.6. The molecule has 3 saturated heterocycles. The Morgan fingerprint density at radius 3 is 2.62 bits per heavy atom. The van der Waals surface area contributed by atoms with Gasteiger partial charge in [-0.2, -0.15) is 21.7 Å². The minimum absolute atomic E-state index is 0.148. The predicted octanol–water partition coefficient (Wildman–Crippen LogP) is 6.41. The van der Waals surface area contributed by atoms with Crippen molar-refractivity contribution in [1.82, 2.24) is 14.9 Å². The van der Waals surface area contributed by atoms with Crippen molar-refractivity contribution < 1.29 is 9.84 Å². The van der Waals surface area contributed by atoms with Gasteiger partial charge < -0.3 is 14.7 Å². The van der Waals surface area contributed by atoms with Gasteiger partial charge in [0.05, 0.1) is 11.1 Å². The normalized spacial score (nSPS) is 19.5. The van der Waals surface area contributed by atoms with Gasteiger partial charge >= 0.3 is 6.01 Å². The molecule has 1 aromatic heterocycles. The minimum atomic E-state index is 0.148. The molecule has 4 heterocycles. The minimum Gasteiger partial charge on any atom is -0.508 e. The lowest BCUT2D eigenvalue weighted by molar-refractivity contribution is 0.108. The Kier molecular flexibility index (Phi) is 6.52. The quantitative estimate of drug-likeness (QED) is 0.314. The molecular formula is C32H36N4O2S. The first-order valence-corrected chi connectivity index (χ1v) is 15.5. The molecule has 4 aromatic rings. The van der Waals surface area contributed by atoms with Crippen molar-refractivity contribution in [3.8, 4) is 22.9 Å².